The quantitative estimate of drug-likeness (QED) is 0.793. The van der Waals surface area contributed by atoms with Gasteiger partial charge in [-0.15, -0.1) is 11.8 Å². The van der Waals surface area contributed by atoms with Crippen LogP contribution in [0.3, 0.4) is 0 Å². The number of aryl methyl sites for hydroxylation is 1. The predicted octanol–water partition coefficient (Wildman–Crippen LogP) is 4.01. The van der Waals surface area contributed by atoms with Crippen LogP contribution in [0.15, 0.2) is 29.3 Å². The van der Waals surface area contributed by atoms with E-state index >= 15 is 0 Å². The highest BCUT2D eigenvalue weighted by Crippen LogP contribution is 2.27. The fraction of sp³-hybridized carbons (Fsp3) is 0.316. The van der Waals surface area contributed by atoms with Crippen molar-refractivity contribution in [3.05, 3.63) is 46.6 Å². The maximum absolute atomic E-state index is 12.1. The smallest absolute Gasteiger partial charge is 0.225 e. The Labute approximate surface area is 152 Å². The molecule has 1 aromatic carbocycles. The number of methoxy groups -OCH3 is 1. The summed E-state index contributed by atoms with van der Waals surface area (Å²) in [5, 5.41) is 12.9. The van der Waals surface area contributed by atoms with Gasteiger partial charge < -0.3 is 10.1 Å². The Balaban J connectivity index is 1.96. The van der Waals surface area contributed by atoms with Crippen LogP contribution in [-0.2, 0) is 4.79 Å². The van der Waals surface area contributed by atoms with E-state index in [9.17, 15) is 10.1 Å². The lowest BCUT2D eigenvalue weighted by atomic mass is 10.1. The highest BCUT2D eigenvalue weighted by Gasteiger charge is 2.13. The standard InChI is InChI=1S/C19H21N3O2S/c1-12-13(2)17(11-20)19(21-14(12)3)25-9-8-18(23)22-15-6-5-7-16(10-15)24-4/h5-7,10H,8-9H2,1-4H3,(H,22,23). The van der Waals surface area contributed by atoms with Crippen molar-refractivity contribution in [3.8, 4) is 11.8 Å². The largest absolute Gasteiger partial charge is 0.497 e. The van der Waals surface area contributed by atoms with E-state index in [1.54, 1.807) is 13.2 Å². The fourth-order valence-corrected chi connectivity index (χ4v) is 3.34. The number of nitrogens with one attached hydrogen (secondary N) is 1. The van der Waals surface area contributed by atoms with Gasteiger partial charge in [-0.1, -0.05) is 6.07 Å². The number of hydrogen-bond acceptors (Lipinski definition) is 5. The summed E-state index contributed by atoms with van der Waals surface area (Å²) >= 11 is 1.44. The first kappa shape index (κ1) is 18.8. The number of hydrogen-bond donors (Lipinski definition) is 1. The number of amides is 1. The van der Waals surface area contributed by atoms with E-state index in [-0.39, 0.29) is 5.91 Å². The maximum Gasteiger partial charge on any atom is 0.225 e. The molecule has 0 unspecified atom stereocenters. The molecular formula is C19H21N3O2S. The van der Waals surface area contributed by atoms with Crippen LogP contribution in [0.25, 0.3) is 0 Å². The Kier molecular flexibility index (Phi) is 6.43. The van der Waals surface area contributed by atoms with Crippen molar-refractivity contribution >= 4 is 23.4 Å². The van der Waals surface area contributed by atoms with Gasteiger partial charge >= 0.3 is 0 Å². The first-order chi connectivity index (χ1) is 12.0. The normalized spacial score (nSPS) is 10.2. The molecular weight excluding hydrogens is 334 g/mol. The third kappa shape index (κ3) is 4.74. The topological polar surface area (TPSA) is 75.0 Å². The predicted molar refractivity (Wildman–Crippen MR) is 100 cm³/mol. The van der Waals surface area contributed by atoms with Crippen LogP contribution < -0.4 is 10.1 Å². The number of nitrogens with zero attached hydrogens (tertiary/aromatic N) is 2. The van der Waals surface area contributed by atoms with Crippen molar-refractivity contribution in [1.29, 1.82) is 5.26 Å². The van der Waals surface area contributed by atoms with E-state index in [0.717, 1.165) is 16.8 Å². The van der Waals surface area contributed by atoms with Gasteiger partial charge in [-0.3, -0.25) is 4.79 Å². The molecule has 0 atom stereocenters. The second-order valence-corrected chi connectivity index (χ2v) is 6.70. The number of carbonyl (C=O) groups is 1. The lowest BCUT2D eigenvalue weighted by Gasteiger charge is -2.11. The number of pyridine rings is 1. The molecule has 1 N–H and O–H groups in total. The lowest BCUT2D eigenvalue weighted by molar-refractivity contribution is -0.115. The van der Waals surface area contributed by atoms with Crippen LogP contribution in [0.1, 0.15) is 28.8 Å². The summed E-state index contributed by atoms with van der Waals surface area (Å²) in [6, 6.07) is 9.46. The van der Waals surface area contributed by atoms with Crippen LogP contribution in [0.5, 0.6) is 5.75 Å². The monoisotopic (exact) mass is 355 g/mol. The minimum absolute atomic E-state index is 0.0835. The van der Waals surface area contributed by atoms with Crippen LogP contribution in [0, 0.1) is 32.1 Å². The molecule has 0 radical (unpaired) electrons. The molecule has 0 spiro atoms. The Morgan fingerprint density at radius 3 is 2.76 bits per heavy atom. The van der Waals surface area contributed by atoms with E-state index in [2.05, 4.69) is 16.4 Å². The molecule has 2 aromatic rings. The molecule has 130 valence electrons. The van der Waals surface area contributed by atoms with Crippen molar-refractivity contribution in [1.82, 2.24) is 4.98 Å². The number of carbonyl (C=O) groups excluding carboxylic acids is 1. The van der Waals surface area contributed by atoms with Crippen molar-refractivity contribution in [2.24, 2.45) is 0 Å². The summed E-state index contributed by atoms with van der Waals surface area (Å²) < 4.78 is 5.14. The molecule has 1 aromatic heterocycles. The van der Waals surface area contributed by atoms with Gasteiger partial charge in [0, 0.05) is 29.6 Å². The van der Waals surface area contributed by atoms with E-state index < -0.39 is 0 Å². The molecule has 1 heterocycles. The number of aromatic nitrogens is 1. The summed E-state index contributed by atoms with van der Waals surface area (Å²) in [7, 11) is 1.59. The minimum atomic E-state index is -0.0835. The van der Waals surface area contributed by atoms with E-state index in [4.69, 9.17) is 4.74 Å². The van der Waals surface area contributed by atoms with Crippen molar-refractivity contribution in [2.45, 2.75) is 32.2 Å². The Morgan fingerprint density at radius 1 is 1.32 bits per heavy atom. The number of rotatable bonds is 6. The summed E-state index contributed by atoms with van der Waals surface area (Å²) in [5.41, 5.74) is 4.21. The van der Waals surface area contributed by atoms with Crippen molar-refractivity contribution < 1.29 is 9.53 Å². The molecule has 1 amide bonds. The molecule has 0 saturated heterocycles. The molecule has 0 aliphatic carbocycles. The maximum atomic E-state index is 12.1. The van der Waals surface area contributed by atoms with Crippen LogP contribution >= 0.6 is 11.8 Å². The Morgan fingerprint density at radius 2 is 2.08 bits per heavy atom. The van der Waals surface area contributed by atoms with E-state index in [1.165, 1.54) is 11.8 Å². The molecule has 2 rings (SSSR count). The van der Waals surface area contributed by atoms with Gasteiger partial charge in [-0.05, 0) is 44.0 Å². The zero-order chi connectivity index (χ0) is 18.4. The number of thioether (sulfide) groups is 1. The second kappa shape index (κ2) is 8.54. The summed E-state index contributed by atoms with van der Waals surface area (Å²) in [4.78, 5) is 16.6. The van der Waals surface area contributed by atoms with Crippen LogP contribution in [0.2, 0.25) is 0 Å². The zero-order valence-electron chi connectivity index (χ0n) is 14.8. The minimum Gasteiger partial charge on any atom is -0.497 e. The summed E-state index contributed by atoms with van der Waals surface area (Å²) in [5.74, 6) is 1.17. The van der Waals surface area contributed by atoms with E-state index in [1.807, 2.05) is 39.0 Å². The molecule has 0 bridgehead atoms. The molecule has 0 aliphatic heterocycles. The second-order valence-electron chi connectivity index (χ2n) is 5.62. The number of ether oxygens (including phenoxy) is 1. The zero-order valence-corrected chi connectivity index (χ0v) is 15.7. The van der Waals surface area contributed by atoms with E-state index in [0.29, 0.717) is 34.2 Å². The van der Waals surface area contributed by atoms with Gasteiger partial charge in [-0.25, -0.2) is 4.98 Å². The molecule has 0 saturated carbocycles. The molecule has 0 fully saturated rings. The number of benzene rings is 1. The Hall–Kier alpha value is -2.52. The molecule has 25 heavy (non-hydrogen) atoms. The van der Waals surface area contributed by atoms with Crippen LogP contribution in [-0.4, -0.2) is 23.8 Å². The van der Waals surface area contributed by atoms with Crippen molar-refractivity contribution in [2.75, 3.05) is 18.2 Å². The third-order valence-corrected chi connectivity index (χ3v) is 4.97. The molecule has 0 aliphatic rings. The van der Waals surface area contributed by atoms with Gasteiger partial charge in [0.1, 0.15) is 16.8 Å². The Bertz CT molecular complexity index is 828. The summed E-state index contributed by atoms with van der Waals surface area (Å²) in [6.45, 7) is 5.83. The van der Waals surface area contributed by atoms with Gasteiger partial charge in [0.15, 0.2) is 0 Å². The number of anilines is 1. The van der Waals surface area contributed by atoms with Gasteiger partial charge in [-0.2, -0.15) is 5.26 Å². The molecule has 6 heteroatoms. The van der Waals surface area contributed by atoms with Gasteiger partial charge in [0.25, 0.3) is 0 Å². The molecule has 5 nitrogen and oxygen atoms in total. The first-order valence-electron chi connectivity index (χ1n) is 7.91. The van der Waals surface area contributed by atoms with Gasteiger partial charge in [0.2, 0.25) is 5.91 Å². The van der Waals surface area contributed by atoms with Gasteiger partial charge in [0.05, 0.1) is 12.7 Å². The van der Waals surface area contributed by atoms with Crippen molar-refractivity contribution in [3.63, 3.8) is 0 Å². The average molecular weight is 355 g/mol. The summed E-state index contributed by atoms with van der Waals surface area (Å²) in [6.07, 6.45) is 0.334. The lowest BCUT2D eigenvalue weighted by Crippen LogP contribution is -2.12. The average Bonchev–Trinajstić information content (AvgIpc) is 2.60. The number of nitriles is 1. The fourth-order valence-electron chi connectivity index (χ4n) is 2.31. The SMILES string of the molecule is COc1cccc(NC(=O)CCSc2nc(C)c(C)c(C)c2C#N)c1. The highest BCUT2D eigenvalue weighted by molar-refractivity contribution is 7.99. The van der Waals surface area contributed by atoms with Crippen LogP contribution in [0.4, 0.5) is 5.69 Å². The first-order valence-corrected chi connectivity index (χ1v) is 8.89. The third-order valence-electron chi connectivity index (χ3n) is 4.00. The highest BCUT2D eigenvalue weighted by atomic mass is 32.2.